The Morgan fingerprint density at radius 1 is 1.14 bits per heavy atom. The van der Waals surface area contributed by atoms with E-state index in [1.54, 1.807) is 6.07 Å². The van der Waals surface area contributed by atoms with Crippen LogP contribution in [-0.2, 0) is 6.54 Å². The molecule has 0 aromatic heterocycles. The molecule has 0 fully saturated rings. The monoisotopic (exact) mass is 350 g/mol. The third-order valence-electron chi connectivity index (χ3n) is 3.37. The summed E-state index contributed by atoms with van der Waals surface area (Å²) in [5.41, 5.74) is 1.91. The summed E-state index contributed by atoms with van der Waals surface area (Å²) >= 11 is 3.36. The van der Waals surface area contributed by atoms with Gasteiger partial charge in [0.1, 0.15) is 5.82 Å². The van der Waals surface area contributed by atoms with E-state index in [9.17, 15) is 4.39 Å². The average Bonchev–Trinajstić information content (AvgIpc) is 2.51. The minimum atomic E-state index is -0.160. The van der Waals surface area contributed by atoms with E-state index >= 15 is 0 Å². The number of hydrogen-bond acceptors (Lipinski definition) is 2. The fourth-order valence-electron chi connectivity index (χ4n) is 2.15. The number of rotatable bonds is 7. The normalized spacial score (nSPS) is 10.6. The van der Waals surface area contributed by atoms with Gasteiger partial charge in [0.05, 0.1) is 0 Å². The molecule has 0 unspecified atom stereocenters. The molecule has 0 aliphatic rings. The molecular formula is C17H20BrFN2. The fraction of sp³-hybridized carbons (Fsp3) is 0.294. The maximum absolute atomic E-state index is 13.6. The maximum Gasteiger partial charge on any atom is 0.127 e. The van der Waals surface area contributed by atoms with Gasteiger partial charge in [0, 0.05) is 35.9 Å². The molecule has 0 spiro atoms. The zero-order chi connectivity index (χ0) is 15.1. The first-order valence-electron chi connectivity index (χ1n) is 7.07. The van der Waals surface area contributed by atoms with E-state index in [4.69, 9.17) is 0 Å². The Balaban J connectivity index is 1.69. The van der Waals surface area contributed by atoms with Gasteiger partial charge in [-0.05, 0) is 43.3 Å². The van der Waals surface area contributed by atoms with Crippen LogP contribution in [0.3, 0.4) is 0 Å². The number of halogens is 2. The highest BCUT2D eigenvalue weighted by atomic mass is 79.9. The quantitative estimate of drug-likeness (QED) is 0.752. The summed E-state index contributed by atoms with van der Waals surface area (Å²) in [6.45, 7) is 2.39. The Hall–Kier alpha value is -1.39. The SMILES string of the molecule is CN(CCCNCc1cc(Br)ccc1F)c1ccccc1. The third-order valence-corrected chi connectivity index (χ3v) is 3.86. The molecule has 2 aromatic rings. The number of nitrogens with zero attached hydrogens (tertiary/aromatic N) is 1. The molecule has 0 radical (unpaired) electrons. The number of nitrogens with one attached hydrogen (secondary N) is 1. The molecule has 0 aliphatic carbocycles. The minimum absolute atomic E-state index is 0.160. The molecule has 0 amide bonds. The van der Waals surface area contributed by atoms with Crippen LogP contribution in [0.2, 0.25) is 0 Å². The molecule has 2 nitrogen and oxygen atoms in total. The predicted octanol–water partition coefficient (Wildman–Crippen LogP) is 4.20. The van der Waals surface area contributed by atoms with Gasteiger partial charge in [-0.15, -0.1) is 0 Å². The second-order valence-electron chi connectivity index (χ2n) is 5.02. The van der Waals surface area contributed by atoms with Crippen molar-refractivity contribution in [3.8, 4) is 0 Å². The van der Waals surface area contributed by atoms with Crippen molar-refractivity contribution in [2.45, 2.75) is 13.0 Å². The molecule has 4 heteroatoms. The Kier molecular flexibility index (Phi) is 6.21. The molecule has 21 heavy (non-hydrogen) atoms. The Morgan fingerprint density at radius 3 is 2.67 bits per heavy atom. The van der Waals surface area contributed by atoms with Crippen molar-refractivity contribution in [3.05, 3.63) is 64.4 Å². The van der Waals surface area contributed by atoms with E-state index in [-0.39, 0.29) is 5.82 Å². The second kappa shape index (κ2) is 8.15. The van der Waals surface area contributed by atoms with Crippen LogP contribution in [0.4, 0.5) is 10.1 Å². The third kappa shape index (κ3) is 5.14. The predicted molar refractivity (Wildman–Crippen MR) is 90.1 cm³/mol. The molecule has 0 saturated carbocycles. The highest BCUT2D eigenvalue weighted by Gasteiger charge is 2.03. The van der Waals surface area contributed by atoms with Crippen LogP contribution >= 0.6 is 15.9 Å². The standard InChI is InChI=1S/C17H20BrFN2/c1-21(16-6-3-2-4-7-16)11-5-10-20-13-14-12-15(18)8-9-17(14)19/h2-4,6-9,12,20H,5,10-11,13H2,1H3. The summed E-state index contributed by atoms with van der Waals surface area (Å²) < 4.78 is 14.5. The highest BCUT2D eigenvalue weighted by molar-refractivity contribution is 9.10. The van der Waals surface area contributed by atoms with Crippen molar-refractivity contribution in [2.75, 3.05) is 25.0 Å². The number of hydrogen-bond donors (Lipinski definition) is 1. The van der Waals surface area contributed by atoms with E-state index in [2.05, 4.69) is 45.3 Å². The Labute approximate surface area is 134 Å². The molecule has 2 rings (SSSR count). The van der Waals surface area contributed by atoms with Crippen LogP contribution in [0.1, 0.15) is 12.0 Å². The first kappa shape index (κ1) is 16.0. The van der Waals surface area contributed by atoms with E-state index < -0.39 is 0 Å². The lowest BCUT2D eigenvalue weighted by atomic mass is 10.2. The smallest absolute Gasteiger partial charge is 0.127 e. The summed E-state index contributed by atoms with van der Waals surface area (Å²) in [5.74, 6) is -0.160. The molecule has 0 saturated heterocycles. The Morgan fingerprint density at radius 2 is 1.90 bits per heavy atom. The number of benzene rings is 2. The summed E-state index contributed by atoms with van der Waals surface area (Å²) in [7, 11) is 2.09. The lowest BCUT2D eigenvalue weighted by molar-refractivity contribution is 0.581. The van der Waals surface area contributed by atoms with Crippen LogP contribution in [0.5, 0.6) is 0 Å². The zero-order valence-corrected chi connectivity index (χ0v) is 13.7. The number of para-hydroxylation sites is 1. The molecule has 0 atom stereocenters. The van der Waals surface area contributed by atoms with Crippen LogP contribution in [0, 0.1) is 5.82 Å². The van der Waals surface area contributed by atoms with E-state index in [1.165, 1.54) is 11.8 Å². The van der Waals surface area contributed by atoms with E-state index in [1.807, 2.05) is 24.3 Å². The van der Waals surface area contributed by atoms with Crippen LogP contribution in [0.25, 0.3) is 0 Å². The zero-order valence-electron chi connectivity index (χ0n) is 12.2. The van der Waals surface area contributed by atoms with E-state index in [0.29, 0.717) is 12.1 Å². The van der Waals surface area contributed by atoms with Crippen molar-refractivity contribution in [1.29, 1.82) is 0 Å². The van der Waals surface area contributed by atoms with Gasteiger partial charge in [-0.3, -0.25) is 0 Å². The van der Waals surface area contributed by atoms with Gasteiger partial charge in [-0.1, -0.05) is 34.1 Å². The first-order valence-corrected chi connectivity index (χ1v) is 7.87. The second-order valence-corrected chi connectivity index (χ2v) is 5.94. The van der Waals surface area contributed by atoms with Gasteiger partial charge in [0.15, 0.2) is 0 Å². The lowest BCUT2D eigenvalue weighted by Gasteiger charge is -2.19. The average molecular weight is 351 g/mol. The van der Waals surface area contributed by atoms with Crippen molar-refractivity contribution in [3.63, 3.8) is 0 Å². The lowest BCUT2D eigenvalue weighted by Crippen LogP contribution is -2.23. The molecule has 0 bridgehead atoms. The van der Waals surface area contributed by atoms with Gasteiger partial charge in [0.25, 0.3) is 0 Å². The minimum Gasteiger partial charge on any atom is -0.375 e. The fourth-order valence-corrected chi connectivity index (χ4v) is 2.56. The summed E-state index contributed by atoms with van der Waals surface area (Å²) in [6.07, 6.45) is 1.01. The van der Waals surface area contributed by atoms with Gasteiger partial charge in [0.2, 0.25) is 0 Å². The van der Waals surface area contributed by atoms with Gasteiger partial charge in [-0.2, -0.15) is 0 Å². The largest absolute Gasteiger partial charge is 0.375 e. The van der Waals surface area contributed by atoms with Crippen LogP contribution < -0.4 is 10.2 Å². The Bertz CT molecular complexity index is 560. The van der Waals surface area contributed by atoms with Crippen LogP contribution in [-0.4, -0.2) is 20.1 Å². The van der Waals surface area contributed by atoms with Crippen LogP contribution in [0.15, 0.2) is 53.0 Å². The molecule has 1 N–H and O–H groups in total. The summed E-state index contributed by atoms with van der Waals surface area (Å²) in [4.78, 5) is 2.22. The van der Waals surface area contributed by atoms with Crippen molar-refractivity contribution < 1.29 is 4.39 Å². The van der Waals surface area contributed by atoms with Crippen molar-refractivity contribution in [2.24, 2.45) is 0 Å². The molecular weight excluding hydrogens is 331 g/mol. The van der Waals surface area contributed by atoms with E-state index in [0.717, 1.165) is 24.0 Å². The molecule has 112 valence electrons. The highest BCUT2D eigenvalue weighted by Crippen LogP contribution is 2.15. The first-order chi connectivity index (χ1) is 10.2. The molecule has 0 heterocycles. The summed E-state index contributed by atoms with van der Waals surface area (Å²) in [5, 5.41) is 3.29. The maximum atomic E-state index is 13.6. The van der Waals surface area contributed by atoms with Gasteiger partial charge in [-0.25, -0.2) is 4.39 Å². The topological polar surface area (TPSA) is 15.3 Å². The van der Waals surface area contributed by atoms with Crippen molar-refractivity contribution in [1.82, 2.24) is 5.32 Å². The molecule has 0 aliphatic heterocycles. The van der Waals surface area contributed by atoms with Gasteiger partial charge < -0.3 is 10.2 Å². The van der Waals surface area contributed by atoms with Crippen molar-refractivity contribution >= 4 is 21.6 Å². The number of anilines is 1. The van der Waals surface area contributed by atoms with Gasteiger partial charge >= 0.3 is 0 Å². The molecule has 2 aromatic carbocycles. The summed E-state index contributed by atoms with van der Waals surface area (Å²) in [6, 6.07) is 15.3.